The summed E-state index contributed by atoms with van der Waals surface area (Å²) >= 11 is 1.12. The Morgan fingerprint density at radius 3 is 2.67 bits per heavy atom. The number of nitrogens with one attached hydrogen (secondary N) is 3. The molecule has 0 aliphatic heterocycles. The molecule has 0 bridgehead atoms. The van der Waals surface area contributed by atoms with Crippen molar-refractivity contribution in [2.75, 3.05) is 18.4 Å². The molecular weight excluding hydrogens is 426 g/mol. The fourth-order valence-corrected chi connectivity index (χ4v) is 4.93. The summed E-state index contributed by atoms with van der Waals surface area (Å²) in [6, 6.07) is 5.00. The van der Waals surface area contributed by atoms with Gasteiger partial charge in [-0.15, -0.1) is 11.3 Å². The number of hydrogen-bond acceptors (Lipinski definition) is 8. The van der Waals surface area contributed by atoms with Crippen LogP contribution >= 0.6 is 11.3 Å². The van der Waals surface area contributed by atoms with Gasteiger partial charge in [0.2, 0.25) is 15.9 Å². The molecule has 12 heteroatoms. The van der Waals surface area contributed by atoms with Gasteiger partial charge in [0.15, 0.2) is 0 Å². The Labute approximate surface area is 178 Å². The number of nitrogens with zero attached hydrogens (tertiary/aromatic N) is 4. The first-order chi connectivity index (χ1) is 14.3. The Bertz CT molecular complexity index is 1140. The van der Waals surface area contributed by atoms with E-state index >= 15 is 0 Å². The maximum atomic E-state index is 12.4. The molecule has 0 aromatic carbocycles. The SMILES string of the molecule is CC(=O)NCc1ccc(S(=O)(=O)NCCNc2cc(-n3cnc(C)c3C)ncn2)s1. The summed E-state index contributed by atoms with van der Waals surface area (Å²) in [7, 11) is -3.62. The lowest BCUT2D eigenvalue weighted by Crippen LogP contribution is -2.28. The van der Waals surface area contributed by atoms with Gasteiger partial charge in [0.05, 0.1) is 12.2 Å². The predicted molar refractivity (Wildman–Crippen MR) is 114 cm³/mol. The molecule has 0 aliphatic rings. The van der Waals surface area contributed by atoms with E-state index in [1.807, 2.05) is 18.4 Å². The van der Waals surface area contributed by atoms with Crippen LogP contribution in [0.5, 0.6) is 0 Å². The van der Waals surface area contributed by atoms with Crippen LogP contribution in [0.2, 0.25) is 0 Å². The molecule has 3 aromatic heterocycles. The second kappa shape index (κ2) is 9.32. The monoisotopic (exact) mass is 449 g/mol. The second-order valence-corrected chi connectivity index (χ2v) is 9.66. The summed E-state index contributed by atoms with van der Waals surface area (Å²) in [5.74, 6) is 1.10. The summed E-state index contributed by atoms with van der Waals surface area (Å²) < 4.78 is 29.5. The average Bonchev–Trinajstić information content (AvgIpc) is 3.32. The highest BCUT2D eigenvalue weighted by molar-refractivity contribution is 7.91. The van der Waals surface area contributed by atoms with Crippen molar-refractivity contribution < 1.29 is 13.2 Å². The number of carbonyl (C=O) groups is 1. The van der Waals surface area contributed by atoms with Crippen molar-refractivity contribution in [3.8, 4) is 5.82 Å². The van der Waals surface area contributed by atoms with Crippen molar-refractivity contribution >= 4 is 33.1 Å². The zero-order chi connectivity index (χ0) is 21.7. The summed E-state index contributed by atoms with van der Waals surface area (Å²) in [6.07, 6.45) is 3.14. The summed E-state index contributed by atoms with van der Waals surface area (Å²) in [5, 5.41) is 5.73. The Hall–Kier alpha value is -2.83. The maximum Gasteiger partial charge on any atom is 0.250 e. The molecule has 10 nitrogen and oxygen atoms in total. The number of hydrogen-bond donors (Lipinski definition) is 3. The molecule has 3 N–H and O–H groups in total. The van der Waals surface area contributed by atoms with Crippen molar-refractivity contribution in [2.45, 2.75) is 31.5 Å². The normalized spacial score (nSPS) is 11.4. The van der Waals surface area contributed by atoms with Crippen LogP contribution in [0.4, 0.5) is 5.82 Å². The van der Waals surface area contributed by atoms with Gasteiger partial charge in [0, 0.05) is 36.7 Å². The largest absolute Gasteiger partial charge is 0.369 e. The van der Waals surface area contributed by atoms with Gasteiger partial charge >= 0.3 is 0 Å². The van der Waals surface area contributed by atoms with Crippen molar-refractivity contribution in [2.24, 2.45) is 0 Å². The van der Waals surface area contributed by atoms with Crippen LogP contribution in [-0.4, -0.2) is 46.9 Å². The van der Waals surface area contributed by atoms with Crippen LogP contribution in [0.1, 0.15) is 23.2 Å². The molecule has 3 rings (SSSR count). The Morgan fingerprint density at radius 1 is 1.17 bits per heavy atom. The van der Waals surface area contributed by atoms with E-state index in [2.05, 4.69) is 30.3 Å². The van der Waals surface area contributed by atoms with Gasteiger partial charge in [-0.05, 0) is 26.0 Å². The fraction of sp³-hybridized carbons (Fsp3) is 0.333. The summed E-state index contributed by atoms with van der Waals surface area (Å²) in [6.45, 7) is 6.14. The van der Waals surface area contributed by atoms with Gasteiger partial charge in [-0.25, -0.2) is 28.1 Å². The van der Waals surface area contributed by atoms with Crippen molar-refractivity contribution in [1.82, 2.24) is 29.6 Å². The average molecular weight is 450 g/mol. The number of rotatable bonds is 9. The lowest BCUT2D eigenvalue weighted by atomic mass is 10.4. The smallest absolute Gasteiger partial charge is 0.250 e. The fourth-order valence-electron chi connectivity index (χ4n) is 2.56. The highest BCUT2D eigenvalue weighted by Crippen LogP contribution is 2.21. The quantitative estimate of drug-likeness (QED) is 0.421. The summed E-state index contributed by atoms with van der Waals surface area (Å²) in [5.41, 5.74) is 1.91. The number of aromatic nitrogens is 4. The number of thiophene rings is 1. The number of aryl methyl sites for hydroxylation is 1. The molecule has 0 saturated heterocycles. The Kier molecular flexibility index (Phi) is 6.80. The van der Waals surface area contributed by atoms with Crippen LogP contribution in [0.25, 0.3) is 5.82 Å². The lowest BCUT2D eigenvalue weighted by Gasteiger charge is -2.09. The predicted octanol–water partition coefficient (Wildman–Crippen LogP) is 1.37. The van der Waals surface area contributed by atoms with Gasteiger partial charge in [0.25, 0.3) is 0 Å². The molecule has 1 amide bonds. The second-order valence-electron chi connectivity index (χ2n) is 6.50. The number of amides is 1. The Balaban J connectivity index is 1.54. The molecule has 0 aliphatic carbocycles. The first-order valence-electron chi connectivity index (χ1n) is 9.16. The number of carbonyl (C=O) groups excluding carboxylic acids is 1. The highest BCUT2D eigenvalue weighted by Gasteiger charge is 2.16. The first kappa shape index (κ1) is 21.9. The molecule has 0 radical (unpaired) electrons. The molecular formula is C18H23N7O3S2. The van der Waals surface area contributed by atoms with Crippen LogP contribution < -0.4 is 15.4 Å². The molecule has 30 heavy (non-hydrogen) atoms. The van der Waals surface area contributed by atoms with E-state index < -0.39 is 10.0 Å². The lowest BCUT2D eigenvalue weighted by molar-refractivity contribution is -0.119. The topological polar surface area (TPSA) is 131 Å². The minimum absolute atomic E-state index is 0.164. The van der Waals surface area contributed by atoms with Gasteiger partial charge in [-0.3, -0.25) is 9.36 Å². The third-order valence-corrected chi connectivity index (χ3v) is 7.33. The molecule has 0 unspecified atom stereocenters. The number of anilines is 1. The third kappa shape index (κ3) is 5.40. The minimum atomic E-state index is -3.62. The standard InChI is InChI=1S/C18H23N7O3S2/c1-12-13(2)25(11-23-12)17-8-16(21-10-22-17)19-6-7-24-30(27,28)18-5-4-15(29-18)9-20-14(3)26/h4-5,8,10-11,24H,6-7,9H2,1-3H3,(H,20,26)(H,19,21,22). The Morgan fingerprint density at radius 2 is 1.97 bits per heavy atom. The zero-order valence-corrected chi connectivity index (χ0v) is 18.5. The molecule has 160 valence electrons. The van der Waals surface area contributed by atoms with Gasteiger partial charge in [-0.2, -0.15) is 0 Å². The van der Waals surface area contributed by atoms with Crippen molar-refractivity contribution in [3.63, 3.8) is 0 Å². The van der Waals surface area contributed by atoms with Crippen LogP contribution in [0.3, 0.4) is 0 Å². The van der Waals surface area contributed by atoms with Crippen molar-refractivity contribution in [1.29, 1.82) is 0 Å². The van der Waals surface area contributed by atoms with Gasteiger partial charge in [0.1, 0.15) is 28.5 Å². The third-order valence-electron chi connectivity index (χ3n) is 4.29. The minimum Gasteiger partial charge on any atom is -0.369 e. The van der Waals surface area contributed by atoms with E-state index in [0.717, 1.165) is 27.6 Å². The van der Waals surface area contributed by atoms with E-state index in [-0.39, 0.29) is 16.7 Å². The van der Waals surface area contributed by atoms with Crippen molar-refractivity contribution in [3.05, 3.63) is 47.1 Å². The van der Waals surface area contributed by atoms with E-state index in [9.17, 15) is 13.2 Å². The maximum absolute atomic E-state index is 12.4. The molecule has 0 spiro atoms. The van der Waals surface area contributed by atoms with Gasteiger partial charge < -0.3 is 10.6 Å². The molecule has 3 heterocycles. The molecule has 0 saturated carbocycles. The van der Waals surface area contributed by atoms with E-state index in [1.54, 1.807) is 18.5 Å². The van der Waals surface area contributed by atoms with E-state index in [4.69, 9.17) is 0 Å². The highest BCUT2D eigenvalue weighted by atomic mass is 32.2. The zero-order valence-electron chi connectivity index (χ0n) is 16.8. The number of imidazole rings is 1. The molecule has 0 fully saturated rings. The molecule has 0 atom stereocenters. The van der Waals surface area contributed by atoms with Crippen LogP contribution in [-0.2, 0) is 21.4 Å². The number of sulfonamides is 1. The molecule has 3 aromatic rings. The first-order valence-corrected chi connectivity index (χ1v) is 11.5. The van der Waals surface area contributed by atoms with Gasteiger partial charge in [-0.1, -0.05) is 0 Å². The summed E-state index contributed by atoms with van der Waals surface area (Å²) in [4.78, 5) is 24.4. The van der Waals surface area contributed by atoms with Crippen LogP contribution in [0.15, 0.2) is 35.1 Å². The van der Waals surface area contributed by atoms with Crippen LogP contribution in [0, 0.1) is 13.8 Å². The van der Waals surface area contributed by atoms with E-state index in [1.165, 1.54) is 19.3 Å². The van der Waals surface area contributed by atoms with E-state index in [0.29, 0.717) is 24.7 Å².